The Morgan fingerprint density at radius 1 is 0.313 bits per heavy atom. The third-order valence-corrected chi connectivity index (χ3v) is 20.5. The van der Waals surface area contributed by atoms with Gasteiger partial charge in [-0.1, -0.05) is 227 Å². The highest BCUT2D eigenvalue weighted by atomic mass is 79.9. The van der Waals surface area contributed by atoms with Gasteiger partial charge < -0.3 is 9.47 Å². The van der Waals surface area contributed by atoms with E-state index in [1.165, 1.54) is 149 Å². The van der Waals surface area contributed by atoms with E-state index in [4.69, 9.17) is 9.47 Å². The number of halogens is 3. The first-order valence-electron chi connectivity index (χ1n) is 30.1. The molecule has 2 nitrogen and oxygen atoms in total. The summed E-state index contributed by atoms with van der Waals surface area (Å²) >= 11 is 12.0. The average molecular weight is 1270 g/mol. The molecule has 0 radical (unpaired) electrons. The van der Waals surface area contributed by atoms with Crippen molar-refractivity contribution in [3.63, 3.8) is 0 Å². The van der Waals surface area contributed by atoms with Gasteiger partial charge in [0.25, 0.3) is 13.4 Å². The van der Waals surface area contributed by atoms with Gasteiger partial charge >= 0.3 is 0 Å². The molecule has 0 aliphatic carbocycles. The van der Waals surface area contributed by atoms with Gasteiger partial charge in [0.2, 0.25) is 0 Å². The van der Waals surface area contributed by atoms with E-state index in [1.807, 2.05) is 0 Å². The molecular formula is C76H65B2Br3O2. The summed E-state index contributed by atoms with van der Waals surface area (Å²) in [7, 11) is 0. The van der Waals surface area contributed by atoms with Crippen LogP contribution in [0.2, 0.25) is 0 Å². The van der Waals surface area contributed by atoms with Crippen molar-refractivity contribution in [1.29, 1.82) is 0 Å². The molecule has 0 bridgehead atoms. The monoisotopic (exact) mass is 1270 g/mol. The van der Waals surface area contributed by atoms with Crippen LogP contribution in [0.1, 0.15) is 152 Å². The van der Waals surface area contributed by atoms with Crippen molar-refractivity contribution < 1.29 is 9.47 Å². The summed E-state index contributed by atoms with van der Waals surface area (Å²) in [5.74, 6) is 5.44. The van der Waals surface area contributed by atoms with E-state index in [1.54, 1.807) is 0 Å². The second-order valence-corrected chi connectivity index (χ2v) is 28.9. The Labute approximate surface area is 515 Å². The molecule has 11 aromatic carbocycles. The minimum atomic E-state index is -0.105. The SMILES string of the molecule is CC(C)c1cc(C(C)C)c(-c2cc3c4c(cc5c(-c6c(C(C)C)cc(C(C)C)cc6C(C)C)cc6c7c(cc2c4c57)B2c4ccc(-c5ccccc5)cc4Oc4cc(Br)cc-6c42)B2c4ccc(Br)cc4Oc4cc(Br)cc-3c42)c(C(C)C)c1. The largest absolute Gasteiger partial charge is 0.458 e. The molecule has 0 amide bonds. The van der Waals surface area contributed by atoms with Gasteiger partial charge in [-0.15, -0.1) is 0 Å². The lowest BCUT2D eigenvalue weighted by molar-refractivity contribution is 0.487. The Balaban J connectivity index is 1.21. The molecule has 0 unspecified atom stereocenters. The number of rotatable bonds is 9. The number of benzene rings is 11. The lowest BCUT2D eigenvalue weighted by Gasteiger charge is -2.38. The molecule has 4 aliphatic rings. The maximum absolute atomic E-state index is 7.29. The summed E-state index contributed by atoms with van der Waals surface area (Å²) in [5.41, 5.74) is 28.6. The number of ether oxygens (including phenoxy) is 2. The highest BCUT2D eigenvalue weighted by Crippen LogP contribution is 2.55. The van der Waals surface area contributed by atoms with Crippen molar-refractivity contribution >= 4 is 126 Å². The van der Waals surface area contributed by atoms with Crippen molar-refractivity contribution in [3.8, 4) is 78.6 Å². The zero-order valence-electron chi connectivity index (χ0n) is 49.3. The van der Waals surface area contributed by atoms with Crippen LogP contribution in [0.15, 0.2) is 153 Å². The van der Waals surface area contributed by atoms with Gasteiger partial charge in [-0.25, -0.2) is 0 Å². The van der Waals surface area contributed by atoms with E-state index in [0.717, 1.165) is 42.0 Å². The summed E-state index contributed by atoms with van der Waals surface area (Å²) in [4.78, 5) is 0. The predicted molar refractivity (Wildman–Crippen MR) is 367 cm³/mol. The van der Waals surface area contributed by atoms with Crippen molar-refractivity contribution in [3.05, 3.63) is 186 Å². The lowest BCUT2D eigenvalue weighted by atomic mass is 9.32. The fourth-order valence-electron chi connectivity index (χ4n) is 15.2. The molecule has 83 heavy (non-hydrogen) atoms. The maximum atomic E-state index is 7.29. The minimum Gasteiger partial charge on any atom is -0.458 e. The van der Waals surface area contributed by atoms with Crippen molar-refractivity contribution in [2.24, 2.45) is 0 Å². The number of hydrogen-bond acceptors (Lipinski definition) is 2. The molecule has 7 heteroatoms. The van der Waals surface area contributed by atoms with E-state index >= 15 is 0 Å². The zero-order valence-corrected chi connectivity index (χ0v) is 54.1. The first-order chi connectivity index (χ1) is 39.8. The highest BCUT2D eigenvalue weighted by molar-refractivity contribution is 9.11. The van der Waals surface area contributed by atoms with Crippen LogP contribution in [-0.4, -0.2) is 13.4 Å². The van der Waals surface area contributed by atoms with E-state index in [-0.39, 0.29) is 37.1 Å². The summed E-state index contributed by atoms with van der Waals surface area (Å²) in [5, 5.41) is 7.99. The van der Waals surface area contributed by atoms with Gasteiger partial charge in [0, 0.05) is 13.4 Å². The van der Waals surface area contributed by atoms with Crippen LogP contribution in [0.5, 0.6) is 23.0 Å². The molecule has 0 saturated carbocycles. The predicted octanol–water partition coefficient (Wildman–Crippen LogP) is 19.8. The van der Waals surface area contributed by atoms with Crippen LogP contribution >= 0.6 is 47.8 Å². The molecule has 0 saturated heterocycles. The summed E-state index contributed by atoms with van der Waals surface area (Å²) < 4.78 is 17.4. The molecule has 11 aromatic rings. The summed E-state index contributed by atoms with van der Waals surface area (Å²) in [6.45, 7) is 28.4. The maximum Gasteiger partial charge on any atom is 0.252 e. The molecule has 4 heterocycles. The lowest BCUT2D eigenvalue weighted by Crippen LogP contribution is -2.58. The molecular weight excluding hydrogens is 1210 g/mol. The standard InChI is InChI=1S/C76H65B2Br3O2/c1-36(2)44-22-49(38(5)6)69(50(23-44)39(7)8)53-33-56-60-28-48(81)31-68-76(60)78(62-21-19-46(79)29-66(62)83-68)64-35-58-54(70-51(40(9)10)24-45(37(3)4)25-52(70)41(11)12)32-55-59-27-47(80)30-67-75(59)77(63-34-57(53)74(72(56)64)73(58)71(55)63)61-20-18-43(26-65(61)82-67)42-16-14-13-15-17-42/h13-41H,1-12H3. The molecule has 15 rings (SSSR count). The Bertz CT molecular complexity index is 4570. The Morgan fingerprint density at radius 3 is 1.14 bits per heavy atom. The minimum absolute atomic E-state index is 0.0875. The van der Waals surface area contributed by atoms with Crippen molar-refractivity contribution in [2.45, 2.75) is 119 Å². The van der Waals surface area contributed by atoms with Crippen LogP contribution < -0.4 is 42.3 Å². The van der Waals surface area contributed by atoms with Crippen molar-refractivity contribution in [1.82, 2.24) is 0 Å². The van der Waals surface area contributed by atoms with E-state index in [0.29, 0.717) is 11.8 Å². The second-order valence-electron chi connectivity index (χ2n) is 26.1. The zero-order chi connectivity index (χ0) is 57.5. The summed E-state index contributed by atoms with van der Waals surface area (Å²) in [6, 6.07) is 54.4. The third-order valence-electron chi connectivity index (χ3n) is 19.1. The quantitative estimate of drug-likeness (QED) is 0.106. The molecule has 0 spiro atoms. The van der Waals surface area contributed by atoms with Gasteiger partial charge in [0.1, 0.15) is 23.0 Å². The van der Waals surface area contributed by atoms with Crippen LogP contribution in [-0.2, 0) is 0 Å². The third kappa shape index (κ3) is 7.91. The van der Waals surface area contributed by atoms with Gasteiger partial charge in [-0.2, -0.15) is 0 Å². The van der Waals surface area contributed by atoms with Gasteiger partial charge in [0.05, 0.1) is 0 Å². The van der Waals surface area contributed by atoms with E-state index in [9.17, 15) is 0 Å². The number of hydrogen-bond donors (Lipinski definition) is 0. The molecule has 0 fully saturated rings. The molecule has 0 atom stereocenters. The Morgan fingerprint density at radius 2 is 0.723 bits per heavy atom. The number of fused-ring (bicyclic) bond motifs is 8. The average Bonchev–Trinajstić information content (AvgIpc) is 0.735. The van der Waals surface area contributed by atoms with E-state index < -0.39 is 0 Å². The van der Waals surface area contributed by atoms with Crippen molar-refractivity contribution in [2.75, 3.05) is 0 Å². The normalized spacial score (nSPS) is 13.6. The molecule has 4 aliphatic heterocycles. The fourth-order valence-corrected chi connectivity index (χ4v) is 16.4. The first kappa shape index (κ1) is 53.4. The van der Waals surface area contributed by atoms with Crippen LogP contribution in [0.25, 0.3) is 88.0 Å². The van der Waals surface area contributed by atoms with Crippen LogP contribution in [0.3, 0.4) is 0 Å². The highest BCUT2D eigenvalue weighted by Gasteiger charge is 2.45. The second kappa shape index (κ2) is 19.3. The molecule has 408 valence electrons. The van der Waals surface area contributed by atoms with E-state index in [2.05, 4.69) is 270 Å². The first-order valence-corrected chi connectivity index (χ1v) is 32.5. The molecule has 0 aromatic heterocycles. The molecule has 0 N–H and O–H groups in total. The van der Waals surface area contributed by atoms with Crippen LogP contribution in [0.4, 0.5) is 0 Å². The van der Waals surface area contributed by atoms with Gasteiger partial charge in [-0.05, 0) is 233 Å². The summed E-state index contributed by atoms with van der Waals surface area (Å²) in [6.07, 6.45) is 0. The smallest absolute Gasteiger partial charge is 0.252 e. The van der Waals surface area contributed by atoms with Crippen LogP contribution in [0, 0.1) is 0 Å². The Hall–Kier alpha value is -6.37. The van der Waals surface area contributed by atoms with Gasteiger partial charge in [0.15, 0.2) is 0 Å². The fraction of sp³-hybridized carbons (Fsp3) is 0.237. The van der Waals surface area contributed by atoms with Gasteiger partial charge in [-0.3, -0.25) is 0 Å². The topological polar surface area (TPSA) is 18.5 Å². The Kier molecular flexibility index (Phi) is 12.4.